The van der Waals surface area contributed by atoms with E-state index in [4.69, 9.17) is 0 Å². The first-order valence-electron chi connectivity index (χ1n) is 5.14. The third kappa shape index (κ3) is 6.73. The normalized spacial score (nSPS) is 15.4. The van der Waals surface area contributed by atoms with Crippen molar-refractivity contribution in [2.45, 2.75) is 58.5 Å². The molecular weight excluding hydrogens is 207 g/mol. The van der Waals surface area contributed by atoms with Gasteiger partial charge in [0.1, 0.15) is 0 Å². The van der Waals surface area contributed by atoms with Crippen molar-refractivity contribution in [3.8, 4) is 0 Å². The number of hydrogen-bond donors (Lipinski definition) is 1. The molecule has 15 heavy (non-hydrogen) atoms. The van der Waals surface area contributed by atoms with Gasteiger partial charge in [-0.2, -0.15) is 13.2 Å². The number of hydrogen-bond acceptors (Lipinski definition) is 2. The third-order valence-electron chi connectivity index (χ3n) is 2.22. The SMILES string of the molecule is CC(C)N(CC(O)CC(F)(F)F)C(C)C. The first-order chi connectivity index (χ1) is 6.63. The van der Waals surface area contributed by atoms with Crippen LogP contribution in [-0.4, -0.2) is 40.9 Å². The van der Waals surface area contributed by atoms with Crippen molar-refractivity contribution in [3.05, 3.63) is 0 Å². The smallest absolute Gasteiger partial charge is 0.391 e. The summed E-state index contributed by atoms with van der Waals surface area (Å²) >= 11 is 0. The Labute approximate surface area is 89.1 Å². The van der Waals surface area contributed by atoms with Gasteiger partial charge in [-0.1, -0.05) is 0 Å². The highest BCUT2D eigenvalue weighted by Gasteiger charge is 2.32. The van der Waals surface area contributed by atoms with Gasteiger partial charge in [-0.15, -0.1) is 0 Å². The van der Waals surface area contributed by atoms with Gasteiger partial charge in [-0.3, -0.25) is 4.90 Å². The Morgan fingerprint density at radius 1 is 1.07 bits per heavy atom. The Balaban J connectivity index is 4.18. The highest BCUT2D eigenvalue weighted by atomic mass is 19.4. The molecule has 0 heterocycles. The van der Waals surface area contributed by atoms with Crippen LogP contribution in [0.2, 0.25) is 0 Å². The van der Waals surface area contributed by atoms with Gasteiger partial charge in [0.25, 0.3) is 0 Å². The first-order valence-corrected chi connectivity index (χ1v) is 5.14. The fraction of sp³-hybridized carbons (Fsp3) is 1.00. The maximum atomic E-state index is 12.0. The number of aliphatic hydroxyl groups excluding tert-OH is 1. The standard InChI is InChI=1S/C10H20F3NO/c1-7(2)14(8(3)4)6-9(15)5-10(11,12)13/h7-9,15H,5-6H2,1-4H3. The van der Waals surface area contributed by atoms with E-state index in [-0.39, 0.29) is 18.6 Å². The lowest BCUT2D eigenvalue weighted by molar-refractivity contribution is -0.156. The van der Waals surface area contributed by atoms with Crippen molar-refractivity contribution in [2.75, 3.05) is 6.54 Å². The van der Waals surface area contributed by atoms with Gasteiger partial charge in [0.2, 0.25) is 0 Å². The van der Waals surface area contributed by atoms with Crippen LogP contribution in [0.15, 0.2) is 0 Å². The zero-order valence-electron chi connectivity index (χ0n) is 9.67. The minimum absolute atomic E-state index is 0.0643. The average molecular weight is 227 g/mol. The molecule has 0 aliphatic rings. The van der Waals surface area contributed by atoms with Crippen LogP contribution < -0.4 is 0 Å². The highest BCUT2D eigenvalue weighted by molar-refractivity contribution is 4.73. The van der Waals surface area contributed by atoms with Crippen LogP contribution in [0.5, 0.6) is 0 Å². The molecule has 1 unspecified atom stereocenters. The Morgan fingerprint density at radius 3 is 1.73 bits per heavy atom. The van der Waals surface area contributed by atoms with Gasteiger partial charge >= 0.3 is 6.18 Å². The number of halogens is 3. The van der Waals surface area contributed by atoms with Crippen molar-refractivity contribution in [1.82, 2.24) is 4.90 Å². The van der Waals surface area contributed by atoms with Gasteiger partial charge < -0.3 is 5.11 Å². The summed E-state index contributed by atoms with van der Waals surface area (Å²) in [4.78, 5) is 1.84. The number of nitrogens with zero attached hydrogens (tertiary/aromatic N) is 1. The number of rotatable bonds is 5. The molecule has 0 aromatic carbocycles. The fourth-order valence-electron chi connectivity index (χ4n) is 1.59. The Morgan fingerprint density at radius 2 is 1.47 bits per heavy atom. The molecule has 0 aliphatic carbocycles. The monoisotopic (exact) mass is 227 g/mol. The van der Waals surface area contributed by atoms with Gasteiger partial charge in [0.15, 0.2) is 0 Å². The van der Waals surface area contributed by atoms with Gasteiger partial charge in [-0.25, -0.2) is 0 Å². The molecule has 0 aromatic rings. The molecule has 0 saturated carbocycles. The summed E-state index contributed by atoms with van der Waals surface area (Å²) in [5, 5.41) is 9.29. The summed E-state index contributed by atoms with van der Waals surface area (Å²) < 4.78 is 35.9. The third-order valence-corrected chi connectivity index (χ3v) is 2.22. The average Bonchev–Trinajstić information content (AvgIpc) is 1.95. The van der Waals surface area contributed by atoms with E-state index in [9.17, 15) is 18.3 Å². The first kappa shape index (κ1) is 14.7. The molecule has 0 aliphatic heterocycles. The van der Waals surface area contributed by atoms with E-state index in [0.29, 0.717) is 0 Å². The molecule has 2 nitrogen and oxygen atoms in total. The van der Waals surface area contributed by atoms with Crippen LogP contribution in [-0.2, 0) is 0 Å². The topological polar surface area (TPSA) is 23.5 Å². The van der Waals surface area contributed by atoms with Crippen LogP contribution in [0.25, 0.3) is 0 Å². The number of alkyl halides is 3. The molecule has 0 aromatic heterocycles. The molecule has 1 N–H and O–H groups in total. The molecule has 0 bridgehead atoms. The van der Waals surface area contributed by atoms with Gasteiger partial charge in [0, 0.05) is 18.6 Å². The molecule has 0 spiro atoms. The molecule has 0 rings (SSSR count). The Hall–Kier alpha value is -0.290. The molecule has 0 saturated heterocycles. The van der Waals surface area contributed by atoms with Crippen molar-refractivity contribution in [3.63, 3.8) is 0 Å². The predicted octanol–water partition coefficient (Wildman–Crippen LogP) is 2.42. The summed E-state index contributed by atoms with van der Waals surface area (Å²) in [6.45, 7) is 7.68. The molecule has 92 valence electrons. The maximum absolute atomic E-state index is 12.0. The van der Waals surface area contributed by atoms with Gasteiger partial charge in [-0.05, 0) is 27.7 Å². The molecular formula is C10H20F3NO. The number of aliphatic hydroxyl groups is 1. The predicted molar refractivity (Wildman–Crippen MR) is 53.7 cm³/mol. The fourth-order valence-corrected chi connectivity index (χ4v) is 1.59. The molecule has 5 heteroatoms. The largest absolute Gasteiger partial charge is 0.391 e. The molecule has 0 radical (unpaired) electrons. The van der Waals surface area contributed by atoms with Crippen molar-refractivity contribution >= 4 is 0 Å². The summed E-state index contributed by atoms with van der Waals surface area (Å²) in [5.74, 6) is 0. The van der Waals surface area contributed by atoms with E-state index in [1.807, 2.05) is 32.6 Å². The van der Waals surface area contributed by atoms with Crippen molar-refractivity contribution in [2.24, 2.45) is 0 Å². The Kier molecular flexibility index (Phi) is 5.59. The minimum Gasteiger partial charge on any atom is -0.391 e. The summed E-state index contributed by atoms with van der Waals surface area (Å²) in [5.41, 5.74) is 0. The quantitative estimate of drug-likeness (QED) is 0.779. The second-order valence-corrected chi connectivity index (χ2v) is 4.36. The maximum Gasteiger partial charge on any atom is 0.391 e. The lowest BCUT2D eigenvalue weighted by atomic mass is 10.1. The molecule has 1 atom stereocenters. The van der Waals surface area contributed by atoms with E-state index in [2.05, 4.69) is 0 Å². The molecule has 0 amide bonds. The summed E-state index contributed by atoms with van der Waals surface area (Å²) in [7, 11) is 0. The van der Waals surface area contributed by atoms with Gasteiger partial charge in [0.05, 0.1) is 12.5 Å². The minimum atomic E-state index is -4.29. The lowest BCUT2D eigenvalue weighted by Crippen LogP contribution is -2.43. The van der Waals surface area contributed by atoms with Crippen molar-refractivity contribution in [1.29, 1.82) is 0 Å². The van der Waals surface area contributed by atoms with E-state index in [1.165, 1.54) is 0 Å². The lowest BCUT2D eigenvalue weighted by Gasteiger charge is -2.32. The highest BCUT2D eigenvalue weighted by Crippen LogP contribution is 2.22. The van der Waals surface area contributed by atoms with E-state index in [0.717, 1.165) is 0 Å². The van der Waals surface area contributed by atoms with Crippen LogP contribution in [0.4, 0.5) is 13.2 Å². The van der Waals surface area contributed by atoms with E-state index in [1.54, 1.807) is 0 Å². The van der Waals surface area contributed by atoms with Crippen molar-refractivity contribution < 1.29 is 18.3 Å². The van der Waals surface area contributed by atoms with E-state index < -0.39 is 18.7 Å². The van der Waals surface area contributed by atoms with Crippen LogP contribution in [0, 0.1) is 0 Å². The zero-order chi connectivity index (χ0) is 12.2. The summed E-state index contributed by atoms with van der Waals surface area (Å²) in [6.07, 6.45) is -6.77. The van der Waals surface area contributed by atoms with Crippen LogP contribution in [0.1, 0.15) is 34.1 Å². The summed E-state index contributed by atoms with van der Waals surface area (Å²) in [6, 6.07) is 0.265. The van der Waals surface area contributed by atoms with Crippen LogP contribution in [0.3, 0.4) is 0 Å². The Bertz CT molecular complexity index is 172. The zero-order valence-corrected chi connectivity index (χ0v) is 9.67. The van der Waals surface area contributed by atoms with E-state index >= 15 is 0 Å². The molecule has 0 fully saturated rings. The van der Waals surface area contributed by atoms with Crippen LogP contribution >= 0.6 is 0 Å². The second kappa shape index (κ2) is 5.70. The second-order valence-electron chi connectivity index (χ2n) is 4.36.